The predicted octanol–water partition coefficient (Wildman–Crippen LogP) is 1.48. The number of likely N-dealkylation sites (N-methyl/N-ethyl adjacent to an activating group) is 1. The first-order chi connectivity index (χ1) is 11.6. The number of carbonyl (C=O) groups is 2. The summed E-state index contributed by atoms with van der Waals surface area (Å²) in [5, 5.41) is 3.92. The Labute approximate surface area is 141 Å². The molecule has 0 radical (unpaired) electrons. The smallest absolute Gasteiger partial charge is 0.239 e. The lowest BCUT2D eigenvalue weighted by Gasteiger charge is -2.33. The largest absolute Gasteiger partial charge is 0.358 e. The van der Waals surface area contributed by atoms with Crippen molar-refractivity contribution in [3.8, 4) is 0 Å². The number of hydrogen-bond acceptors (Lipinski definition) is 6. The molecular weight excluding hydrogens is 315 g/mol. The molecule has 24 heavy (non-hydrogen) atoms. The van der Waals surface area contributed by atoms with Gasteiger partial charge in [0.25, 0.3) is 0 Å². The molecule has 0 fully saturated rings. The van der Waals surface area contributed by atoms with Crippen LogP contribution < -0.4 is 16.5 Å². The van der Waals surface area contributed by atoms with E-state index in [1.807, 2.05) is 13.8 Å². The van der Waals surface area contributed by atoms with Crippen LogP contribution in [0.1, 0.15) is 37.8 Å². The molecule has 7 nitrogen and oxygen atoms in total. The number of carbonyl (C=O) groups excluding carboxylic acids is 2. The molecule has 2 rings (SSSR count). The molecule has 0 spiro atoms. The Bertz CT molecular complexity index is 568. The van der Waals surface area contributed by atoms with Crippen LogP contribution in [-0.4, -0.2) is 30.3 Å². The average Bonchev–Trinajstić information content (AvgIpc) is 2.63. The molecule has 0 aromatic heterocycles. The highest BCUT2D eigenvalue weighted by molar-refractivity contribution is 5.81. The summed E-state index contributed by atoms with van der Waals surface area (Å²) in [4.78, 5) is 27.8. The monoisotopic (exact) mass is 340 g/mol. The summed E-state index contributed by atoms with van der Waals surface area (Å²) in [5.74, 6) is -0.732. The van der Waals surface area contributed by atoms with E-state index in [1.165, 1.54) is 18.2 Å². The minimum Gasteiger partial charge on any atom is -0.358 e. The predicted molar refractivity (Wildman–Crippen MR) is 89.0 cm³/mol. The molecular formula is C16H25FN4O3. The molecule has 1 aliphatic rings. The molecule has 134 valence electrons. The number of nitrogens with one attached hydrogen (secondary N) is 2. The van der Waals surface area contributed by atoms with Crippen LogP contribution in [-0.2, 0) is 27.6 Å². The molecule has 4 N–H and O–H groups in total. The number of nitrogens with zero attached hydrogens (tertiary/aromatic N) is 1. The van der Waals surface area contributed by atoms with Crippen molar-refractivity contribution in [2.45, 2.75) is 45.8 Å². The highest BCUT2D eigenvalue weighted by atomic mass is 19.1. The third kappa shape index (κ3) is 4.73. The summed E-state index contributed by atoms with van der Waals surface area (Å²) < 4.78 is 13.9. The standard InChI is InChI=1S/C14H19FN4O3.C2H6/c1-17-14(21)12(3-2-4-20)19-8-10-5-9(7-16)6-11(15)13(10)18-22-19;1-2/h4-6,12,18H,2-3,7-8,16H2,1H3,(H,17,21);1-2H3. The van der Waals surface area contributed by atoms with Gasteiger partial charge in [0.15, 0.2) is 0 Å². The van der Waals surface area contributed by atoms with Crippen LogP contribution in [0.25, 0.3) is 0 Å². The summed E-state index contributed by atoms with van der Waals surface area (Å²) in [6.45, 7) is 4.43. The van der Waals surface area contributed by atoms with Crippen molar-refractivity contribution in [1.82, 2.24) is 10.4 Å². The molecule has 1 amide bonds. The maximum atomic E-state index is 13.9. The Morgan fingerprint density at radius 3 is 2.83 bits per heavy atom. The Kier molecular flexibility index (Phi) is 8.31. The summed E-state index contributed by atoms with van der Waals surface area (Å²) in [7, 11) is 1.51. The molecule has 1 heterocycles. The molecule has 1 aromatic carbocycles. The fourth-order valence-electron chi connectivity index (χ4n) is 2.36. The number of rotatable bonds is 6. The number of anilines is 1. The van der Waals surface area contributed by atoms with Gasteiger partial charge in [0.1, 0.15) is 23.8 Å². The van der Waals surface area contributed by atoms with Gasteiger partial charge < -0.3 is 15.8 Å². The lowest BCUT2D eigenvalue weighted by Crippen LogP contribution is -2.48. The topological polar surface area (TPSA) is 96.7 Å². The van der Waals surface area contributed by atoms with Crippen LogP contribution in [0, 0.1) is 5.82 Å². The Hall–Kier alpha value is -2.03. The van der Waals surface area contributed by atoms with Crippen LogP contribution in [0.15, 0.2) is 12.1 Å². The van der Waals surface area contributed by atoms with E-state index in [4.69, 9.17) is 10.7 Å². The Morgan fingerprint density at radius 1 is 1.54 bits per heavy atom. The van der Waals surface area contributed by atoms with E-state index in [0.717, 1.165) is 6.29 Å². The second-order valence-corrected chi connectivity index (χ2v) is 4.96. The van der Waals surface area contributed by atoms with E-state index < -0.39 is 11.9 Å². The number of amides is 1. The molecule has 1 unspecified atom stereocenters. The second kappa shape index (κ2) is 9.96. The van der Waals surface area contributed by atoms with Crippen molar-refractivity contribution in [3.05, 3.63) is 29.1 Å². The molecule has 0 saturated carbocycles. The number of halogens is 1. The van der Waals surface area contributed by atoms with Crippen LogP contribution in [0.2, 0.25) is 0 Å². The van der Waals surface area contributed by atoms with E-state index in [9.17, 15) is 14.0 Å². The molecule has 0 bridgehead atoms. The van der Waals surface area contributed by atoms with Crippen LogP contribution >= 0.6 is 0 Å². The molecule has 0 saturated heterocycles. The number of nitrogens with two attached hydrogens (primary N) is 1. The highest BCUT2D eigenvalue weighted by Crippen LogP contribution is 2.29. The van der Waals surface area contributed by atoms with Gasteiger partial charge in [-0.05, 0) is 23.6 Å². The summed E-state index contributed by atoms with van der Waals surface area (Å²) in [6, 6.07) is 2.45. The molecule has 1 aromatic rings. The number of aldehydes is 1. The zero-order valence-electron chi connectivity index (χ0n) is 14.3. The van der Waals surface area contributed by atoms with Crippen LogP contribution in [0.5, 0.6) is 0 Å². The van der Waals surface area contributed by atoms with Gasteiger partial charge in [-0.1, -0.05) is 19.9 Å². The van der Waals surface area contributed by atoms with Crippen LogP contribution in [0.4, 0.5) is 10.1 Å². The summed E-state index contributed by atoms with van der Waals surface area (Å²) in [6.07, 6.45) is 1.27. The molecule has 1 aliphatic heterocycles. The minimum atomic E-state index is -0.652. The highest BCUT2D eigenvalue weighted by Gasteiger charge is 2.31. The maximum Gasteiger partial charge on any atom is 0.239 e. The van der Waals surface area contributed by atoms with E-state index in [1.54, 1.807) is 6.07 Å². The zero-order chi connectivity index (χ0) is 18.1. The lowest BCUT2D eigenvalue weighted by molar-refractivity contribution is -0.185. The summed E-state index contributed by atoms with van der Waals surface area (Å²) in [5.41, 5.74) is 9.59. The number of fused-ring (bicyclic) bond motifs is 1. The fraction of sp³-hybridized carbons (Fsp3) is 0.500. The van der Waals surface area contributed by atoms with Crippen molar-refractivity contribution in [3.63, 3.8) is 0 Å². The lowest BCUT2D eigenvalue weighted by atomic mass is 10.1. The second-order valence-electron chi connectivity index (χ2n) is 4.96. The average molecular weight is 340 g/mol. The van der Waals surface area contributed by atoms with Gasteiger partial charge in [0, 0.05) is 20.0 Å². The molecule has 0 aliphatic carbocycles. The van der Waals surface area contributed by atoms with Crippen molar-refractivity contribution in [1.29, 1.82) is 0 Å². The van der Waals surface area contributed by atoms with Crippen molar-refractivity contribution >= 4 is 17.9 Å². The first-order valence-electron chi connectivity index (χ1n) is 7.97. The van der Waals surface area contributed by atoms with Gasteiger partial charge in [0.2, 0.25) is 5.91 Å². The van der Waals surface area contributed by atoms with E-state index in [-0.39, 0.29) is 31.1 Å². The quantitative estimate of drug-likeness (QED) is 0.679. The van der Waals surface area contributed by atoms with Gasteiger partial charge in [-0.3, -0.25) is 4.79 Å². The zero-order valence-corrected chi connectivity index (χ0v) is 14.3. The van der Waals surface area contributed by atoms with Gasteiger partial charge in [0.05, 0.1) is 6.54 Å². The summed E-state index contributed by atoms with van der Waals surface area (Å²) >= 11 is 0. The first-order valence-corrected chi connectivity index (χ1v) is 7.97. The van der Waals surface area contributed by atoms with E-state index in [0.29, 0.717) is 17.5 Å². The number of benzene rings is 1. The normalized spacial score (nSPS) is 14.5. The minimum absolute atomic E-state index is 0.212. The third-order valence-corrected chi connectivity index (χ3v) is 3.51. The van der Waals surface area contributed by atoms with Gasteiger partial charge in [-0.15, -0.1) is 5.06 Å². The Morgan fingerprint density at radius 2 is 2.25 bits per heavy atom. The van der Waals surface area contributed by atoms with Crippen molar-refractivity contribution in [2.75, 3.05) is 12.5 Å². The van der Waals surface area contributed by atoms with Crippen LogP contribution in [0.3, 0.4) is 0 Å². The fourth-order valence-corrected chi connectivity index (χ4v) is 2.36. The number of hydrogen-bond donors (Lipinski definition) is 3. The van der Waals surface area contributed by atoms with Gasteiger partial charge in [-0.25, -0.2) is 9.87 Å². The third-order valence-electron chi connectivity index (χ3n) is 3.51. The van der Waals surface area contributed by atoms with E-state index in [2.05, 4.69) is 10.8 Å². The molecule has 1 atom stereocenters. The Balaban J connectivity index is 0.00000139. The van der Waals surface area contributed by atoms with Crippen molar-refractivity contribution in [2.24, 2.45) is 5.73 Å². The van der Waals surface area contributed by atoms with Gasteiger partial charge >= 0.3 is 0 Å². The van der Waals surface area contributed by atoms with Gasteiger partial charge in [-0.2, -0.15) is 4.94 Å². The van der Waals surface area contributed by atoms with E-state index >= 15 is 0 Å². The number of hydroxylamine groups is 2. The molecule has 8 heteroatoms. The maximum absolute atomic E-state index is 13.9. The first kappa shape index (κ1) is 20.0. The SMILES string of the molecule is CC.CNC(=O)C(CCC=O)N1Cc2cc(CN)cc(F)c2NO1. The van der Waals surface area contributed by atoms with Crippen molar-refractivity contribution < 1.29 is 18.9 Å².